The molecule has 1 rings (SSSR count). The van der Waals surface area contributed by atoms with Gasteiger partial charge in [0.1, 0.15) is 0 Å². The predicted octanol–water partition coefficient (Wildman–Crippen LogP) is 3.45. The minimum absolute atomic E-state index is 0.159. The Balaban J connectivity index is 3.03. The van der Waals surface area contributed by atoms with Crippen LogP contribution in [0.3, 0.4) is 0 Å². The van der Waals surface area contributed by atoms with Gasteiger partial charge in [0.25, 0.3) is 0 Å². The molecule has 0 fully saturated rings. The molecular formula is C16H27BrN2O. The molecule has 114 valence electrons. The number of nitrogens with zero attached hydrogens (tertiary/aromatic N) is 1. The van der Waals surface area contributed by atoms with Crippen molar-refractivity contribution in [1.29, 1.82) is 0 Å². The predicted molar refractivity (Wildman–Crippen MR) is 90.4 cm³/mol. The van der Waals surface area contributed by atoms with E-state index in [1.165, 1.54) is 11.3 Å². The van der Waals surface area contributed by atoms with Crippen molar-refractivity contribution < 1.29 is 4.74 Å². The summed E-state index contributed by atoms with van der Waals surface area (Å²) in [5.41, 5.74) is 8.56. The maximum atomic E-state index is 5.99. The first-order chi connectivity index (χ1) is 9.43. The number of methoxy groups -OCH3 is 1. The Morgan fingerprint density at radius 2 is 2.00 bits per heavy atom. The first-order valence-electron chi connectivity index (χ1n) is 7.22. The van der Waals surface area contributed by atoms with E-state index in [2.05, 4.69) is 52.9 Å². The Morgan fingerprint density at radius 3 is 2.55 bits per heavy atom. The van der Waals surface area contributed by atoms with Crippen LogP contribution in [-0.4, -0.2) is 32.8 Å². The van der Waals surface area contributed by atoms with Crippen molar-refractivity contribution in [2.75, 3.05) is 31.7 Å². The molecule has 0 heterocycles. The monoisotopic (exact) mass is 342 g/mol. The average Bonchev–Trinajstić information content (AvgIpc) is 2.33. The van der Waals surface area contributed by atoms with E-state index in [1.54, 1.807) is 7.11 Å². The Kier molecular flexibility index (Phi) is 7.56. The SMILES string of the molecule is COCCN(CC(C)C)c1ccc(Br)cc1CC(C)N. The van der Waals surface area contributed by atoms with Crippen LogP contribution >= 0.6 is 15.9 Å². The van der Waals surface area contributed by atoms with Gasteiger partial charge in [0.2, 0.25) is 0 Å². The van der Waals surface area contributed by atoms with E-state index in [9.17, 15) is 0 Å². The summed E-state index contributed by atoms with van der Waals surface area (Å²) in [6.45, 7) is 9.19. The van der Waals surface area contributed by atoms with Gasteiger partial charge in [-0.05, 0) is 43.0 Å². The molecule has 4 heteroatoms. The zero-order valence-electron chi connectivity index (χ0n) is 13.0. The van der Waals surface area contributed by atoms with Gasteiger partial charge in [0, 0.05) is 36.4 Å². The summed E-state index contributed by atoms with van der Waals surface area (Å²) in [6.07, 6.45) is 0.885. The number of ether oxygens (including phenoxy) is 1. The molecule has 0 amide bonds. The Bertz CT molecular complexity index is 407. The van der Waals surface area contributed by atoms with Crippen LogP contribution in [0.4, 0.5) is 5.69 Å². The first-order valence-corrected chi connectivity index (χ1v) is 8.01. The number of hydrogen-bond acceptors (Lipinski definition) is 3. The Hall–Kier alpha value is -0.580. The molecule has 0 radical (unpaired) electrons. The lowest BCUT2D eigenvalue weighted by Crippen LogP contribution is -2.32. The number of anilines is 1. The van der Waals surface area contributed by atoms with Gasteiger partial charge in [-0.1, -0.05) is 29.8 Å². The third-order valence-electron chi connectivity index (χ3n) is 3.07. The molecule has 0 aliphatic carbocycles. The van der Waals surface area contributed by atoms with Gasteiger partial charge in [-0.3, -0.25) is 0 Å². The first kappa shape index (κ1) is 17.5. The van der Waals surface area contributed by atoms with Crippen LogP contribution in [0.15, 0.2) is 22.7 Å². The number of benzene rings is 1. The maximum Gasteiger partial charge on any atom is 0.0637 e. The van der Waals surface area contributed by atoms with E-state index < -0.39 is 0 Å². The van der Waals surface area contributed by atoms with Crippen LogP contribution in [0.1, 0.15) is 26.3 Å². The number of nitrogens with two attached hydrogens (primary N) is 1. The van der Waals surface area contributed by atoms with Crippen molar-refractivity contribution in [3.05, 3.63) is 28.2 Å². The van der Waals surface area contributed by atoms with Gasteiger partial charge in [0.15, 0.2) is 0 Å². The smallest absolute Gasteiger partial charge is 0.0637 e. The van der Waals surface area contributed by atoms with Crippen molar-refractivity contribution in [3.63, 3.8) is 0 Å². The summed E-state index contributed by atoms with van der Waals surface area (Å²) in [7, 11) is 1.75. The highest BCUT2D eigenvalue weighted by Gasteiger charge is 2.14. The highest BCUT2D eigenvalue weighted by Crippen LogP contribution is 2.26. The molecule has 0 aliphatic heterocycles. The van der Waals surface area contributed by atoms with E-state index >= 15 is 0 Å². The van der Waals surface area contributed by atoms with Gasteiger partial charge < -0.3 is 15.4 Å². The lowest BCUT2D eigenvalue weighted by atomic mass is 10.0. The normalized spacial score (nSPS) is 12.8. The minimum Gasteiger partial charge on any atom is -0.383 e. The molecule has 0 saturated carbocycles. The van der Waals surface area contributed by atoms with Crippen LogP contribution in [0, 0.1) is 5.92 Å². The third-order valence-corrected chi connectivity index (χ3v) is 3.57. The summed E-state index contributed by atoms with van der Waals surface area (Å²) in [4.78, 5) is 2.40. The molecule has 20 heavy (non-hydrogen) atoms. The maximum absolute atomic E-state index is 5.99. The molecule has 1 aromatic rings. The lowest BCUT2D eigenvalue weighted by Gasteiger charge is -2.29. The summed E-state index contributed by atoms with van der Waals surface area (Å²) in [5.74, 6) is 0.610. The highest BCUT2D eigenvalue weighted by atomic mass is 79.9. The van der Waals surface area contributed by atoms with Crippen molar-refractivity contribution in [3.8, 4) is 0 Å². The molecule has 0 aliphatic rings. The van der Waals surface area contributed by atoms with Gasteiger partial charge >= 0.3 is 0 Å². The second kappa shape index (κ2) is 8.65. The fourth-order valence-electron chi connectivity index (χ4n) is 2.33. The molecule has 3 nitrogen and oxygen atoms in total. The largest absolute Gasteiger partial charge is 0.383 e. The highest BCUT2D eigenvalue weighted by molar-refractivity contribution is 9.10. The lowest BCUT2D eigenvalue weighted by molar-refractivity contribution is 0.204. The van der Waals surface area contributed by atoms with E-state index in [0.29, 0.717) is 5.92 Å². The minimum atomic E-state index is 0.159. The van der Waals surface area contributed by atoms with Gasteiger partial charge in [-0.2, -0.15) is 0 Å². The summed E-state index contributed by atoms with van der Waals surface area (Å²) in [5, 5.41) is 0. The second-order valence-corrected chi connectivity index (χ2v) is 6.70. The fraction of sp³-hybridized carbons (Fsp3) is 0.625. The zero-order chi connectivity index (χ0) is 15.1. The van der Waals surface area contributed by atoms with Crippen LogP contribution in [0.5, 0.6) is 0 Å². The molecule has 0 spiro atoms. The fourth-order valence-corrected chi connectivity index (χ4v) is 2.73. The van der Waals surface area contributed by atoms with Gasteiger partial charge in [0.05, 0.1) is 6.61 Å². The Morgan fingerprint density at radius 1 is 1.30 bits per heavy atom. The number of rotatable bonds is 8. The number of halogens is 1. The molecule has 0 aromatic heterocycles. The van der Waals surface area contributed by atoms with Crippen molar-refractivity contribution in [1.82, 2.24) is 0 Å². The van der Waals surface area contributed by atoms with E-state index in [4.69, 9.17) is 10.5 Å². The Labute approximate surface area is 131 Å². The number of hydrogen-bond donors (Lipinski definition) is 1. The van der Waals surface area contributed by atoms with Crippen LogP contribution in [0.2, 0.25) is 0 Å². The van der Waals surface area contributed by atoms with Crippen LogP contribution in [-0.2, 0) is 11.2 Å². The van der Waals surface area contributed by atoms with E-state index in [0.717, 1.165) is 30.6 Å². The molecule has 0 saturated heterocycles. The summed E-state index contributed by atoms with van der Waals surface area (Å²) < 4.78 is 6.35. The van der Waals surface area contributed by atoms with Crippen LogP contribution < -0.4 is 10.6 Å². The molecule has 1 unspecified atom stereocenters. The van der Waals surface area contributed by atoms with E-state index in [1.807, 2.05) is 6.92 Å². The van der Waals surface area contributed by atoms with Crippen LogP contribution in [0.25, 0.3) is 0 Å². The van der Waals surface area contributed by atoms with Crippen molar-refractivity contribution in [2.45, 2.75) is 33.2 Å². The van der Waals surface area contributed by atoms with Gasteiger partial charge in [-0.15, -0.1) is 0 Å². The molecule has 1 atom stereocenters. The average molecular weight is 343 g/mol. The molecule has 0 bridgehead atoms. The zero-order valence-corrected chi connectivity index (χ0v) is 14.6. The topological polar surface area (TPSA) is 38.5 Å². The summed E-state index contributed by atoms with van der Waals surface area (Å²) >= 11 is 3.55. The second-order valence-electron chi connectivity index (χ2n) is 5.79. The molecular weight excluding hydrogens is 316 g/mol. The molecule has 1 aromatic carbocycles. The third kappa shape index (κ3) is 5.81. The van der Waals surface area contributed by atoms with Gasteiger partial charge in [-0.25, -0.2) is 0 Å². The van der Waals surface area contributed by atoms with Crippen molar-refractivity contribution in [2.24, 2.45) is 11.7 Å². The standard InChI is InChI=1S/C16H27BrN2O/c1-12(2)11-19(7-8-20-4)16-6-5-15(17)10-14(16)9-13(3)18/h5-6,10,12-13H,7-9,11,18H2,1-4H3. The van der Waals surface area contributed by atoms with Crippen molar-refractivity contribution >= 4 is 21.6 Å². The molecule has 2 N–H and O–H groups in total. The quantitative estimate of drug-likeness (QED) is 0.786. The van der Waals surface area contributed by atoms with E-state index in [-0.39, 0.29) is 6.04 Å². The summed E-state index contributed by atoms with van der Waals surface area (Å²) in [6, 6.07) is 6.62.